The number of anilines is 1. The van der Waals surface area contributed by atoms with Gasteiger partial charge in [0.2, 0.25) is 0 Å². The molecule has 1 aromatic carbocycles. The smallest absolute Gasteiger partial charge is 0.350 e. The summed E-state index contributed by atoms with van der Waals surface area (Å²) in [6.07, 6.45) is 1.22. The number of hydrogen-bond acceptors (Lipinski definition) is 6. The van der Waals surface area contributed by atoms with Crippen LogP contribution in [0, 0.1) is 0 Å². The highest BCUT2D eigenvalue weighted by Gasteiger charge is 2.38. The second-order valence-electron chi connectivity index (χ2n) is 5.32. The Balaban J connectivity index is 2.07. The first-order valence-corrected chi connectivity index (χ1v) is 7.14. The van der Waals surface area contributed by atoms with Gasteiger partial charge in [-0.15, -0.1) is 0 Å². The van der Waals surface area contributed by atoms with Crippen molar-refractivity contribution in [1.82, 2.24) is 5.32 Å². The molecular weight excluding hydrogens is 300 g/mol. The standard InChI is InChI=1S/C16H18N2O5/c1-4-17-13(19)10-5-7-11(8-6-10)18-9-12-14(20)22-16(2,3)23-15(12)21/h5-9,18H,4H2,1-3H3,(H,17,19). The quantitative estimate of drug-likeness (QED) is 0.497. The molecule has 0 spiro atoms. The Labute approximate surface area is 133 Å². The van der Waals surface area contributed by atoms with Crippen LogP contribution in [0.4, 0.5) is 5.69 Å². The minimum atomic E-state index is -1.26. The van der Waals surface area contributed by atoms with Gasteiger partial charge in [0.15, 0.2) is 5.57 Å². The summed E-state index contributed by atoms with van der Waals surface area (Å²) in [7, 11) is 0. The van der Waals surface area contributed by atoms with Crippen LogP contribution in [0.2, 0.25) is 0 Å². The number of ether oxygens (including phenoxy) is 2. The summed E-state index contributed by atoms with van der Waals surface area (Å²) in [4.78, 5) is 35.2. The van der Waals surface area contributed by atoms with Gasteiger partial charge in [0, 0.05) is 37.8 Å². The van der Waals surface area contributed by atoms with Crippen molar-refractivity contribution in [3.8, 4) is 0 Å². The molecule has 0 bridgehead atoms. The summed E-state index contributed by atoms with van der Waals surface area (Å²) in [5, 5.41) is 5.50. The van der Waals surface area contributed by atoms with Gasteiger partial charge in [-0.05, 0) is 31.2 Å². The summed E-state index contributed by atoms with van der Waals surface area (Å²) >= 11 is 0. The zero-order chi connectivity index (χ0) is 17.0. The maximum absolute atomic E-state index is 11.8. The lowest BCUT2D eigenvalue weighted by Crippen LogP contribution is -2.42. The number of carbonyl (C=O) groups excluding carboxylic acids is 3. The number of carbonyl (C=O) groups is 3. The summed E-state index contributed by atoms with van der Waals surface area (Å²) in [6, 6.07) is 6.58. The maximum Gasteiger partial charge on any atom is 0.350 e. The lowest BCUT2D eigenvalue weighted by Gasteiger charge is -2.29. The van der Waals surface area contributed by atoms with Crippen LogP contribution < -0.4 is 10.6 Å². The fourth-order valence-electron chi connectivity index (χ4n) is 1.91. The molecule has 0 unspecified atom stereocenters. The SMILES string of the molecule is CCNC(=O)c1ccc(NC=C2C(=O)OC(C)(C)OC2=O)cc1. The van der Waals surface area contributed by atoms with E-state index in [4.69, 9.17) is 9.47 Å². The monoisotopic (exact) mass is 318 g/mol. The first kappa shape index (κ1) is 16.5. The molecule has 7 nitrogen and oxygen atoms in total. The number of benzene rings is 1. The Hall–Kier alpha value is -2.83. The zero-order valence-electron chi connectivity index (χ0n) is 13.1. The van der Waals surface area contributed by atoms with Crippen LogP contribution in [0.3, 0.4) is 0 Å². The van der Waals surface area contributed by atoms with Crippen LogP contribution in [0.25, 0.3) is 0 Å². The average Bonchev–Trinajstić information content (AvgIpc) is 2.46. The van der Waals surface area contributed by atoms with Gasteiger partial charge >= 0.3 is 11.9 Å². The number of cyclic esters (lactones) is 2. The summed E-state index contributed by atoms with van der Waals surface area (Å²) in [5.74, 6) is -2.94. The predicted octanol–water partition coefficient (Wildman–Crippen LogP) is 1.57. The molecule has 0 atom stereocenters. The van der Waals surface area contributed by atoms with Gasteiger partial charge < -0.3 is 20.1 Å². The molecule has 1 fully saturated rings. The van der Waals surface area contributed by atoms with Crippen LogP contribution >= 0.6 is 0 Å². The number of esters is 2. The van der Waals surface area contributed by atoms with Gasteiger partial charge in [0.05, 0.1) is 0 Å². The zero-order valence-corrected chi connectivity index (χ0v) is 13.1. The molecule has 1 heterocycles. The molecule has 0 aliphatic carbocycles. The third-order valence-electron chi connectivity index (χ3n) is 2.98. The van der Waals surface area contributed by atoms with Gasteiger partial charge in [-0.25, -0.2) is 9.59 Å². The van der Waals surface area contributed by atoms with E-state index in [1.165, 1.54) is 20.0 Å². The number of hydrogen-bond donors (Lipinski definition) is 2. The van der Waals surface area contributed by atoms with Crippen LogP contribution in [-0.4, -0.2) is 30.2 Å². The third-order valence-corrected chi connectivity index (χ3v) is 2.98. The summed E-state index contributed by atoms with van der Waals surface area (Å²) < 4.78 is 9.96. The van der Waals surface area contributed by atoms with E-state index >= 15 is 0 Å². The molecule has 2 N–H and O–H groups in total. The van der Waals surface area contributed by atoms with Gasteiger partial charge in [-0.1, -0.05) is 0 Å². The predicted molar refractivity (Wildman–Crippen MR) is 82.4 cm³/mol. The average molecular weight is 318 g/mol. The number of nitrogens with one attached hydrogen (secondary N) is 2. The van der Waals surface area contributed by atoms with Crippen molar-refractivity contribution in [2.45, 2.75) is 26.6 Å². The Bertz CT molecular complexity index is 640. The highest BCUT2D eigenvalue weighted by Crippen LogP contribution is 2.22. The maximum atomic E-state index is 11.8. The van der Waals surface area contributed by atoms with E-state index in [0.717, 1.165) is 0 Å². The fraction of sp³-hybridized carbons (Fsp3) is 0.312. The molecule has 122 valence electrons. The summed E-state index contributed by atoms with van der Waals surface area (Å²) in [6.45, 7) is 5.34. The van der Waals surface area contributed by atoms with Gasteiger partial charge in [-0.3, -0.25) is 4.79 Å². The minimum absolute atomic E-state index is 0.168. The van der Waals surface area contributed by atoms with Gasteiger partial charge in [0.25, 0.3) is 11.7 Å². The van der Waals surface area contributed by atoms with Crippen molar-refractivity contribution in [3.05, 3.63) is 41.6 Å². The Morgan fingerprint density at radius 2 is 1.70 bits per heavy atom. The van der Waals surface area contributed by atoms with E-state index in [9.17, 15) is 14.4 Å². The van der Waals surface area contributed by atoms with Crippen LogP contribution in [0.1, 0.15) is 31.1 Å². The number of amides is 1. The van der Waals surface area contributed by atoms with Crippen LogP contribution in [-0.2, 0) is 19.1 Å². The fourth-order valence-corrected chi connectivity index (χ4v) is 1.91. The largest absolute Gasteiger partial charge is 0.419 e. The molecule has 23 heavy (non-hydrogen) atoms. The molecule has 0 saturated carbocycles. The molecular formula is C16H18N2O5. The highest BCUT2D eigenvalue weighted by atomic mass is 16.7. The van der Waals surface area contributed by atoms with E-state index in [1.54, 1.807) is 24.3 Å². The van der Waals surface area contributed by atoms with Crippen molar-refractivity contribution in [3.63, 3.8) is 0 Å². The first-order valence-electron chi connectivity index (χ1n) is 7.14. The Kier molecular flexibility index (Phi) is 4.68. The highest BCUT2D eigenvalue weighted by molar-refractivity contribution is 6.15. The van der Waals surface area contributed by atoms with E-state index in [0.29, 0.717) is 17.8 Å². The first-order chi connectivity index (χ1) is 10.8. The lowest BCUT2D eigenvalue weighted by molar-refractivity contribution is -0.222. The molecule has 1 aliphatic heterocycles. The molecule has 1 saturated heterocycles. The molecule has 7 heteroatoms. The van der Waals surface area contributed by atoms with Crippen molar-refractivity contribution in [1.29, 1.82) is 0 Å². The molecule has 0 aromatic heterocycles. The molecule has 1 aromatic rings. The minimum Gasteiger partial charge on any atom is -0.419 e. The van der Waals surface area contributed by atoms with Gasteiger partial charge in [0.1, 0.15) is 0 Å². The van der Waals surface area contributed by atoms with Crippen molar-refractivity contribution in [2.75, 3.05) is 11.9 Å². The molecule has 0 radical (unpaired) electrons. The lowest BCUT2D eigenvalue weighted by atomic mass is 10.2. The van der Waals surface area contributed by atoms with Gasteiger partial charge in [-0.2, -0.15) is 0 Å². The van der Waals surface area contributed by atoms with Crippen LogP contribution in [0.5, 0.6) is 0 Å². The second-order valence-corrected chi connectivity index (χ2v) is 5.32. The third kappa shape index (κ3) is 4.09. The topological polar surface area (TPSA) is 93.7 Å². The van der Waals surface area contributed by atoms with E-state index in [2.05, 4.69) is 10.6 Å². The summed E-state index contributed by atoms with van der Waals surface area (Å²) in [5.41, 5.74) is 0.899. The van der Waals surface area contributed by atoms with E-state index in [1.807, 2.05) is 6.92 Å². The Morgan fingerprint density at radius 3 is 2.22 bits per heavy atom. The van der Waals surface area contributed by atoms with Crippen molar-refractivity contribution < 1.29 is 23.9 Å². The van der Waals surface area contributed by atoms with Crippen molar-refractivity contribution >= 4 is 23.5 Å². The normalized spacial score (nSPS) is 16.2. The second kappa shape index (κ2) is 6.51. The Morgan fingerprint density at radius 1 is 1.13 bits per heavy atom. The van der Waals surface area contributed by atoms with E-state index in [-0.39, 0.29) is 11.5 Å². The molecule has 1 aliphatic rings. The number of rotatable bonds is 4. The molecule has 1 amide bonds. The molecule has 2 rings (SSSR count). The van der Waals surface area contributed by atoms with Crippen LogP contribution in [0.15, 0.2) is 36.0 Å². The van der Waals surface area contributed by atoms with E-state index < -0.39 is 17.7 Å². The van der Waals surface area contributed by atoms with Crippen molar-refractivity contribution in [2.24, 2.45) is 0 Å².